The molecule has 1 heterocycles. The number of carbonyl (C=O) groups excluding carboxylic acids is 1. The van der Waals surface area contributed by atoms with E-state index in [9.17, 15) is 4.79 Å². The number of morpholine rings is 1. The molecule has 4 nitrogen and oxygen atoms in total. The summed E-state index contributed by atoms with van der Waals surface area (Å²) in [4.78, 5) is 14.1. The molecule has 0 N–H and O–H groups in total. The number of carbonyl (C=O) groups is 1. The standard InChI is InChI=1S/C15H18ClNO3/c1-19-10-6-7-12(11(16)8-10)17-13-4-2-3-5-14(13)20-9-15(17)18/h6-8,13-14H,2-5,9H2,1H3. The van der Waals surface area contributed by atoms with Gasteiger partial charge in [0.2, 0.25) is 0 Å². The Bertz CT molecular complexity index is 520. The second-order valence-electron chi connectivity index (χ2n) is 5.28. The van der Waals surface area contributed by atoms with Crippen molar-refractivity contribution in [2.45, 2.75) is 37.8 Å². The van der Waals surface area contributed by atoms with Crippen LogP contribution in [0.25, 0.3) is 0 Å². The van der Waals surface area contributed by atoms with Gasteiger partial charge < -0.3 is 14.4 Å². The van der Waals surface area contributed by atoms with E-state index < -0.39 is 0 Å². The van der Waals surface area contributed by atoms with Gasteiger partial charge in [0.1, 0.15) is 12.4 Å². The monoisotopic (exact) mass is 295 g/mol. The summed E-state index contributed by atoms with van der Waals surface area (Å²) in [7, 11) is 1.60. The number of anilines is 1. The summed E-state index contributed by atoms with van der Waals surface area (Å²) in [5.41, 5.74) is 0.762. The Kier molecular flexibility index (Phi) is 3.85. The molecule has 1 aliphatic heterocycles. The molecule has 108 valence electrons. The van der Waals surface area contributed by atoms with Crippen LogP contribution in [-0.4, -0.2) is 31.8 Å². The molecule has 0 radical (unpaired) electrons. The molecule has 3 rings (SSSR count). The van der Waals surface area contributed by atoms with Crippen LogP contribution in [0.15, 0.2) is 18.2 Å². The fourth-order valence-electron chi connectivity index (χ4n) is 3.12. The minimum absolute atomic E-state index is 0.0137. The average Bonchev–Trinajstić information content (AvgIpc) is 2.48. The van der Waals surface area contributed by atoms with E-state index in [1.165, 1.54) is 6.42 Å². The minimum Gasteiger partial charge on any atom is -0.497 e. The normalized spacial score (nSPS) is 26.3. The summed E-state index contributed by atoms with van der Waals surface area (Å²) in [6.45, 7) is 0.142. The SMILES string of the molecule is COc1ccc(N2C(=O)COC3CCCCC32)c(Cl)c1. The van der Waals surface area contributed by atoms with Gasteiger partial charge in [0.25, 0.3) is 5.91 Å². The van der Waals surface area contributed by atoms with Gasteiger partial charge in [-0.3, -0.25) is 4.79 Å². The molecule has 2 aliphatic rings. The molecular formula is C15H18ClNO3. The molecule has 5 heteroatoms. The van der Waals surface area contributed by atoms with Gasteiger partial charge in [-0.05, 0) is 25.0 Å². The number of rotatable bonds is 2. The molecule has 0 spiro atoms. The first-order valence-corrected chi connectivity index (χ1v) is 7.35. The molecule has 1 saturated carbocycles. The van der Waals surface area contributed by atoms with Crippen molar-refractivity contribution in [1.82, 2.24) is 0 Å². The predicted molar refractivity (Wildman–Crippen MR) is 77.5 cm³/mol. The van der Waals surface area contributed by atoms with Gasteiger partial charge in [-0.15, -0.1) is 0 Å². The predicted octanol–water partition coefficient (Wildman–Crippen LogP) is 3.02. The van der Waals surface area contributed by atoms with Crippen molar-refractivity contribution < 1.29 is 14.3 Å². The van der Waals surface area contributed by atoms with Crippen LogP contribution in [0.2, 0.25) is 5.02 Å². The Morgan fingerprint density at radius 1 is 1.35 bits per heavy atom. The third kappa shape index (κ3) is 2.38. The first kappa shape index (κ1) is 13.7. The van der Waals surface area contributed by atoms with Crippen molar-refractivity contribution in [3.05, 3.63) is 23.2 Å². The average molecular weight is 296 g/mol. The van der Waals surface area contributed by atoms with E-state index in [-0.39, 0.29) is 24.7 Å². The van der Waals surface area contributed by atoms with Crippen molar-refractivity contribution in [2.24, 2.45) is 0 Å². The van der Waals surface area contributed by atoms with Crippen molar-refractivity contribution >= 4 is 23.2 Å². The summed E-state index contributed by atoms with van der Waals surface area (Å²) in [6, 6.07) is 5.55. The lowest BCUT2D eigenvalue weighted by atomic mass is 9.89. The maximum absolute atomic E-state index is 12.3. The molecule has 1 aliphatic carbocycles. The molecule has 1 aromatic carbocycles. The van der Waals surface area contributed by atoms with E-state index >= 15 is 0 Å². The minimum atomic E-state index is -0.0137. The summed E-state index contributed by atoms with van der Waals surface area (Å²) in [5.74, 6) is 0.680. The number of hydrogen-bond donors (Lipinski definition) is 0. The maximum atomic E-state index is 12.3. The highest BCUT2D eigenvalue weighted by molar-refractivity contribution is 6.34. The quantitative estimate of drug-likeness (QED) is 0.842. The van der Waals surface area contributed by atoms with Crippen LogP contribution in [0.3, 0.4) is 0 Å². The highest BCUT2D eigenvalue weighted by atomic mass is 35.5. The van der Waals surface area contributed by atoms with Crippen molar-refractivity contribution in [3.63, 3.8) is 0 Å². The van der Waals surface area contributed by atoms with E-state index in [1.807, 2.05) is 17.0 Å². The number of methoxy groups -OCH3 is 1. The summed E-state index contributed by atoms with van der Waals surface area (Å²) >= 11 is 6.32. The fourth-order valence-corrected chi connectivity index (χ4v) is 3.38. The van der Waals surface area contributed by atoms with Crippen molar-refractivity contribution in [3.8, 4) is 5.75 Å². The van der Waals surface area contributed by atoms with E-state index in [1.54, 1.807) is 13.2 Å². The molecule has 1 aromatic rings. The Labute approximate surface area is 123 Å². The summed E-state index contributed by atoms with van der Waals surface area (Å²) in [5, 5.41) is 0.545. The van der Waals surface area contributed by atoms with Crippen LogP contribution in [0.1, 0.15) is 25.7 Å². The summed E-state index contributed by atoms with van der Waals surface area (Å²) in [6.07, 6.45) is 4.42. The lowest BCUT2D eigenvalue weighted by molar-refractivity contribution is -0.133. The Morgan fingerprint density at radius 3 is 2.90 bits per heavy atom. The second kappa shape index (κ2) is 5.62. The molecule has 20 heavy (non-hydrogen) atoms. The van der Waals surface area contributed by atoms with Gasteiger partial charge in [-0.2, -0.15) is 0 Å². The summed E-state index contributed by atoms with van der Waals surface area (Å²) < 4.78 is 10.8. The highest BCUT2D eigenvalue weighted by Gasteiger charge is 2.39. The van der Waals surface area contributed by atoms with Gasteiger partial charge in [0.05, 0.1) is 30.0 Å². The smallest absolute Gasteiger partial charge is 0.253 e. The largest absolute Gasteiger partial charge is 0.497 e. The number of halogens is 1. The lowest BCUT2D eigenvalue weighted by Crippen LogP contribution is -2.56. The number of ether oxygens (including phenoxy) is 2. The van der Waals surface area contributed by atoms with E-state index in [2.05, 4.69) is 0 Å². The fraction of sp³-hybridized carbons (Fsp3) is 0.533. The molecule has 0 aromatic heterocycles. The number of nitrogens with zero attached hydrogens (tertiary/aromatic N) is 1. The lowest BCUT2D eigenvalue weighted by Gasteiger charge is -2.43. The Balaban J connectivity index is 1.95. The first-order valence-electron chi connectivity index (χ1n) is 6.98. The Morgan fingerprint density at radius 2 is 2.15 bits per heavy atom. The third-order valence-electron chi connectivity index (χ3n) is 4.10. The third-order valence-corrected chi connectivity index (χ3v) is 4.41. The number of benzene rings is 1. The van der Waals surface area contributed by atoms with E-state index in [0.717, 1.165) is 24.9 Å². The number of hydrogen-bond acceptors (Lipinski definition) is 3. The number of amides is 1. The zero-order valence-electron chi connectivity index (χ0n) is 11.5. The van der Waals surface area contributed by atoms with Gasteiger partial charge in [0.15, 0.2) is 0 Å². The van der Waals surface area contributed by atoms with Crippen molar-refractivity contribution in [1.29, 1.82) is 0 Å². The molecule has 1 saturated heterocycles. The molecule has 1 amide bonds. The van der Waals surface area contributed by atoms with Crippen LogP contribution in [0.5, 0.6) is 5.75 Å². The number of fused-ring (bicyclic) bond motifs is 1. The molecule has 2 unspecified atom stereocenters. The van der Waals surface area contributed by atoms with E-state index in [4.69, 9.17) is 21.1 Å². The molecule has 0 bridgehead atoms. The van der Waals surface area contributed by atoms with Crippen LogP contribution in [0.4, 0.5) is 5.69 Å². The zero-order chi connectivity index (χ0) is 14.1. The molecule has 2 fully saturated rings. The highest BCUT2D eigenvalue weighted by Crippen LogP contribution is 2.37. The van der Waals surface area contributed by atoms with Crippen LogP contribution in [-0.2, 0) is 9.53 Å². The molecule has 2 atom stereocenters. The van der Waals surface area contributed by atoms with Gasteiger partial charge in [-0.25, -0.2) is 0 Å². The van der Waals surface area contributed by atoms with Crippen LogP contribution < -0.4 is 9.64 Å². The topological polar surface area (TPSA) is 38.8 Å². The Hall–Kier alpha value is -1.26. The van der Waals surface area contributed by atoms with Crippen LogP contribution >= 0.6 is 11.6 Å². The molecular weight excluding hydrogens is 278 g/mol. The van der Waals surface area contributed by atoms with Gasteiger partial charge in [0, 0.05) is 6.07 Å². The second-order valence-corrected chi connectivity index (χ2v) is 5.69. The van der Waals surface area contributed by atoms with Crippen LogP contribution in [0, 0.1) is 0 Å². The first-order chi connectivity index (χ1) is 9.70. The van der Waals surface area contributed by atoms with Crippen molar-refractivity contribution in [2.75, 3.05) is 18.6 Å². The van der Waals surface area contributed by atoms with Gasteiger partial charge in [-0.1, -0.05) is 24.4 Å². The maximum Gasteiger partial charge on any atom is 0.253 e. The zero-order valence-corrected chi connectivity index (χ0v) is 12.2. The van der Waals surface area contributed by atoms with Gasteiger partial charge >= 0.3 is 0 Å². The van der Waals surface area contributed by atoms with E-state index in [0.29, 0.717) is 10.8 Å².